The largest absolute Gasteiger partial charge is 0.393 e. The minimum atomic E-state index is -0.0866. The van der Waals surface area contributed by atoms with Gasteiger partial charge in [-0.15, -0.1) is 0 Å². The van der Waals surface area contributed by atoms with Crippen LogP contribution in [0, 0.1) is 45.8 Å². The van der Waals surface area contributed by atoms with Gasteiger partial charge in [0.1, 0.15) is 0 Å². The molecule has 7 unspecified atom stereocenters. The molecule has 1 nitrogen and oxygen atoms in total. The number of hydrogen-bond acceptors (Lipinski definition) is 1. The molecule has 0 radical (unpaired) electrons. The maximum absolute atomic E-state index is 10.3. The van der Waals surface area contributed by atoms with Crippen LogP contribution in [0.25, 0.3) is 0 Å². The normalized spacial score (nSPS) is 43.2. The molecule has 4 aliphatic carbocycles. The van der Waals surface area contributed by atoms with Crippen molar-refractivity contribution >= 4 is 0 Å². The van der Waals surface area contributed by atoms with Gasteiger partial charge in [0, 0.05) is 0 Å². The maximum Gasteiger partial charge on any atom is 0.0577 e. The van der Waals surface area contributed by atoms with E-state index >= 15 is 0 Å². The van der Waals surface area contributed by atoms with Crippen LogP contribution in [0.5, 0.6) is 0 Å². The molecule has 0 saturated heterocycles. The number of allylic oxidation sites excluding steroid dienone is 3. The summed E-state index contributed by atoms with van der Waals surface area (Å²) in [6, 6.07) is 0. The number of rotatable bonds is 6. The van der Waals surface area contributed by atoms with Gasteiger partial charge in [-0.25, -0.2) is 0 Å². The zero-order valence-electron chi connectivity index (χ0n) is 22.3. The first-order valence-corrected chi connectivity index (χ1v) is 14.1. The minimum Gasteiger partial charge on any atom is -0.393 e. The molecule has 3 saturated carbocycles. The highest BCUT2D eigenvalue weighted by molar-refractivity contribution is 5.25. The van der Waals surface area contributed by atoms with Gasteiger partial charge in [0.15, 0.2) is 0 Å². The van der Waals surface area contributed by atoms with E-state index in [9.17, 15) is 5.11 Å². The second-order valence-corrected chi connectivity index (χ2v) is 13.5. The molecular formula is C31H52O. The summed E-state index contributed by atoms with van der Waals surface area (Å²) in [7, 11) is 0. The van der Waals surface area contributed by atoms with Crippen molar-refractivity contribution in [3.63, 3.8) is 0 Å². The lowest BCUT2D eigenvalue weighted by molar-refractivity contribution is -0.0575. The smallest absolute Gasteiger partial charge is 0.0577 e. The van der Waals surface area contributed by atoms with Gasteiger partial charge >= 0.3 is 0 Å². The van der Waals surface area contributed by atoms with Gasteiger partial charge < -0.3 is 5.11 Å². The maximum atomic E-state index is 10.3. The Morgan fingerprint density at radius 3 is 2.59 bits per heavy atom. The average molecular weight is 441 g/mol. The second-order valence-electron chi connectivity index (χ2n) is 13.5. The van der Waals surface area contributed by atoms with Gasteiger partial charge in [0.2, 0.25) is 0 Å². The third-order valence-electron chi connectivity index (χ3n) is 11.7. The van der Waals surface area contributed by atoms with Crippen LogP contribution in [-0.2, 0) is 0 Å². The molecule has 0 aliphatic heterocycles. The Bertz CT molecular complexity index is 744. The van der Waals surface area contributed by atoms with Crippen molar-refractivity contribution in [2.45, 2.75) is 125 Å². The lowest BCUT2D eigenvalue weighted by Crippen LogP contribution is -2.50. The summed E-state index contributed by atoms with van der Waals surface area (Å²) in [6.07, 6.45) is 19.0. The van der Waals surface area contributed by atoms with Crippen LogP contribution >= 0.6 is 0 Å². The van der Waals surface area contributed by atoms with E-state index in [-0.39, 0.29) is 6.10 Å². The molecule has 182 valence electrons. The predicted octanol–water partition coefficient (Wildman–Crippen LogP) is 8.73. The Kier molecular flexibility index (Phi) is 6.83. The molecule has 4 rings (SSSR count). The van der Waals surface area contributed by atoms with Gasteiger partial charge in [-0.2, -0.15) is 0 Å². The first-order valence-electron chi connectivity index (χ1n) is 14.1. The van der Waals surface area contributed by atoms with E-state index in [0.717, 1.165) is 42.4 Å². The first kappa shape index (κ1) is 24.6. The van der Waals surface area contributed by atoms with Gasteiger partial charge in [0.25, 0.3) is 0 Å². The van der Waals surface area contributed by atoms with E-state index in [1.165, 1.54) is 57.8 Å². The molecule has 0 amide bonds. The van der Waals surface area contributed by atoms with Crippen molar-refractivity contribution in [3.8, 4) is 0 Å². The van der Waals surface area contributed by atoms with Gasteiger partial charge in [0.05, 0.1) is 6.10 Å². The van der Waals surface area contributed by atoms with Gasteiger partial charge in [-0.05, 0) is 123 Å². The molecule has 8 atom stereocenters. The molecule has 32 heavy (non-hydrogen) atoms. The molecule has 1 heteroatoms. The molecule has 1 N–H and O–H groups in total. The molecule has 0 aromatic rings. The van der Waals surface area contributed by atoms with Crippen LogP contribution in [0.1, 0.15) is 119 Å². The van der Waals surface area contributed by atoms with E-state index < -0.39 is 0 Å². The Hall–Kier alpha value is -0.560. The van der Waals surface area contributed by atoms with Crippen LogP contribution in [0.3, 0.4) is 0 Å². The topological polar surface area (TPSA) is 20.2 Å². The molecule has 0 heterocycles. The zero-order chi connectivity index (χ0) is 23.3. The third kappa shape index (κ3) is 3.97. The van der Waals surface area contributed by atoms with Gasteiger partial charge in [-0.3, -0.25) is 0 Å². The highest BCUT2D eigenvalue weighted by Crippen LogP contribution is 2.67. The summed E-state index contributed by atoms with van der Waals surface area (Å²) < 4.78 is 0. The Balaban J connectivity index is 1.47. The number of hydrogen-bond donors (Lipinski definition) is 1. The lowest BCUT2D eigenvalue weighted by atomic mass is 9.47. The fourth-order valence-corrected chi connectivity index (χ4v) is 9.64. The fourth-order valence-electron chi connectivity index (χ4n) is 9.64. The highest BCUT2D eigenvalue weighted by atomic mass is 16.3. The highest BCUT2D eigenvalue weighted by Gasteiger charge is 2.59. The van der Waals surface area contributed by atoms with Crippen molar-refractivity contribution in [2.75, 3.05) is 0 Å². The Morgan fingerprint density at radius 1 is 1.16 bits per heavy atom. The quantitative estimate of drug-likeness (QED) is 0.409. The van der Waals surface area contributed by atoms with Crippen LogP contribution in [-0.4, -0.2) is 11.2 Å². The van der Waals surface area contributed by atoms with Crippen molar-refractivity contribution in [2.24, 2.45) is 45.8 Å². The molecule has 0 bridgehead atoms. The van der Waals surface area contributed by atoms with Gasteiger partial charge in [-0.1, -0.05) is 64.8 Å². The van der Waals surface area contributed by atoms with Crippen LogP contribution in [0.4, 0.5) is 0 Å². The van der Waals surface area contributed by atoms with Crippen LogP contribution < -0.4 is 0 Å². The van der Waals surface area contributed by atoms with E-state index in [1.54, 1.807) is 11.1 Å². The lowest BCUT2D eigenvalue weighted by Gasteiger charge is -2.58. The molecule has 3 fully saturated rings. The van der Waals surface area contributed by atoms with E-state index in [0.29, 0.717) is 16.2 Å². The van der Waals surface area contributed by atoms with Crippen LogP contribution in [0.15, 0.2) is 23.3 Å². The summed E-state index contributed by atoms with van der Waals surface area (Å²) in [5.41, 5.74) is 4.52. The molecule has 4 aliphatic rings. The van der Waals surface area contributed by atoms with Crippen molar-refractivity contribution < 1.29 is 5.11 Å². The molecule has 0 spiro atoms. The fraction of sp³-hybridized carbons (Fsp3) is 0.871. The van der Waals surface area contributed by atoms with Crippen LogP contribution in [0.2, 0.25) is 0 Å². The summed E-state index contributed by atoms with van der Waals surface area (Å²) in [5, 5.41) is 10.3. The molecule has 0 aromatic carbocycles. The standard InChI is InChI=1S/C31H52O/c1-8-22(9-2)29(4,5)17-14-21(3)26-12-13-27-25-11-10-23-20-24(32)15-18-30(23,6)28(25)16-19-31(26,27)7/h8,10,21,24-28,32H,9,11-20H2,1-7H3/b22-8+/t21-,24?,25?,26?,27?,28?,30?,31?/m1/s1. The molecular weight excluding hydrogens is 388 g/mol. The van der Waals surface area contributed by atoms with E-state index in [2.05, 4.69) is 60.6 Å². The summed E-state index contributed by atoms with van der Waals surface area (Å²) in [6.45, 7) is 17.3. The molecule has 0 aromatic heterocycles. The average Bonchev–Trinajstić information content (AvgIpc) is 3.10. The third-order valence-corrected chi connectivity index (χ3v) is 11.7. The van der Waals surface area contributed by atoms with E-state index in [1.807, 2.05) is 0 Å². The second kappa shape index (κ2) is 8.90. The summed E-state index contributed by atoms with van der Waals surface area (Å²) in [5.74, 6) is 4.42. The predicted molar refractivity (Wildman–Crippen MR) is 137 cm³/mol. The SMILES string of the molecule is C/C=C(\CC)C(C)(C)CC[C@@H](C)C1CCC2C3CC=C4CC(O)CCC4(C)C3CCC21C. The van der Waals surface area contributed by atoms with Crippen molar-refractivity contribution in [3.05, 3.63) is 23.3 Å². The Labute approximate surface area is 199 Å². The van der Waals surface area contributed by atoms with E-state index in [4.69, 9.17) is 0 Å². The summed E-state index contributed by atoms with van der Waals surface area (Å²) in [4.78, 5) is 0. The zero-order valence-corrected chi connectivity index (χ0v) is 22.3. The number of fused-ring (bicyclic) bond motifs is 5. The monoisotopic (exact) mass is 440 g/mol. The van der Waals surface area contributed by atoms with Crippen molar-refractivity contribution in [1.29, 1.82) is 0 Å². The first-order chi connectivity index (χ1) is 15.1. The Morgan fingerprint density at radius 2 is 1.91 bits per heavy atom. The number of aliphatic hydroxyl groups is 1. The minimum absolute atomic E-state index is 0.0866. The summed E-state index contributed by atoms with van der Waals surface area (Å²) >= 11 is 0. The van der Waals surface area contributed by atoms with Crippen molar-refractivity contribution in [1.82, 2.24) is 0 Å². The number of aliphatic hydroxyl groups excluding tert-OH is 1.